The van der Waals surface area contributed by atoms with Crippen LogP contribution in [0.3, 0.4) is 0 Å². The average Bonchev–Trinajstić information content (AvgIpc) is 2.68. The van der Waals surface area contributed by atoms with E-state index in [0.29, 0.717) is 35.4 Å². The number of nitrogens with one attached hydrogen (secondary N) is 2. The molecule has 0 radical (unpaired) electrons. The lowest BCUT2D eigenvalue weighted by Crippen LogP contribution is -2.47. The summed E-state index contributed by atoms with van der Waals surface area (Å²) in [4.78, 5) is 25.5. The number of nitrogens with zero attached hydrogens (tertiary/aromatic N) is 1. The van der Waals surface area contributed by atoms with Gasteiger partial charge in [0.2, 0.25) is 5.91 Å². The number of ether oxygens (including phenoxy) is 1. The molecule has 0 atom stereocenters. The van der Waals surface area contributed by atoms with Gasteiger partial charge in [-0.15, -0.1) is 0 Å². The molecule has 6 nitrogen and oxygen atoms in total. The Bertz CT molecular complexity index is 875. The summed E-state index contributed by atoms with van der Waals surface area (Å²) in [6.45, 7) is 1.93. The maximum atomic E-state index is 12.0. The van der Waals surface area contributed by atoms with Gasteiger partial charge >= 0.3 is 0 Å². The van der Waals surface area contributed by atoms with Crippen LogP contribution in [0.25, 0.3) is 0 Å². The molecule has 3 rings (SSSR count). The third-order valence-corrected chi connectivity index (χ3v) is 5.18. The van der Waals surface area contributed by atoms with Crippen LogP contribution in [-0.2, 0) is 16.1 Å². The van der Waals surface area contributed by atoms with Crippen molar-refractivity contribution in [1.82, 2.24) is 10.6 Å². The number of carbonyl (C=O) groups excluding carboxylic acids is 2. The smallest absolute Gasteiger partial charge is 0.258 e. The zero-order chi connectivity index (χ0) is 20.1. The van der Waals surface area contributed by atoms with Gasteiger partial charge in [0.05, 0.1) is 21.6 Å². The zero-order valence-electron chi connectivity index (χ0n) is 14.8. The van der Waals surface area contributed by atoms with Crippen molar-refractivity contribution >= 4 is 52.3 Å². The van der Waals surface area contributed by atoms with Gasteiger partial charge in [0.25, 0.3) is 5.91 Å². The van der Waals surface area contributed by atoms with Gasteiger partial charge in [-0.05, 0) is 23.8 Å². The van der Waals surface area contributed by atoms with E-state index in [-0.39, 0.29) is 23.4 Å². The Labute approximate surface area is 177 Å². The predicted molar refractivity (Wildman–Crippen MR) is 110 cm³/mol. The Morgan fingerprint density at radius 3 is 2.54 bits per heavy atom. The largest absolute Gasteiger partial charge is 0.482 e. The first-order chi connectivity index (χ1) is 13.4. The Balaban J connectivity index is 1.48. The topological polar surface area (TPSA) is 70.7 Å². The van der Waals surface area contributed by atoms with Crippen LogP contribution < -0.4 is 20.3 Å². The van der Waals surface area contributed by atoms with Crippen molar-refractivity contribution in [1.29, 1.82) is 0 Å². The molecule has 2 aromatic rings. The summed E-state index contributed by atoms with van der Waals surface area (Å²) < 4.78 is 5.40. The number of benzene rings is 2. The SMILES string of the molecule is O=C(COc1cc(Cl)c(Cl)cc1Cl)NCc1ccc(N2CCNC(=O)C2)cc1. The molecular weight excluding hydrogens is 425 g/mol. The quantitative estimate of drug-likeness (QED) is 0.674. The molecule has 9 heteroatoms. The molecule has 2 aromatic carbocycles. The lowest BCUT2D eigenvalue weighted by atomic mass is 10.2. The van der Waals surface area contributed by atoms with Crippen molar-refractivity contribution in [2.24, 2.45) is 0 Å². The zero-order valence-corrected chi connectivity index (χ0v) is 17.1. The van der Waals surface area contributed by atoms with Gasteiger partial charge in [0.15, 0.2) is 6.61 Å². The molecule has 1 heterocycles. The summed E-state index contributed by atoms with van der Waals surface area (Å²) in [5, 5.41) is 6.47. The fraction of sp³-hybridized carbons (Fsp3) is 0.263. The summed E-state index contributed by atoms with van der Waals surface area (Å²) in [6.07, 6.45) is 0. The number of hydrogen-bond donors (Lipinski definition) is 2. The maximum absolute atomic E-state index is 12.0. The van der Waals surface area contributed by atoms with Crippen LogP contribution in [0.5, 0.6) is 5.75 Å². The van der Waals surface area contributed by atoms with E-state index in [1.807, 2.05) is 29.2 Å². The maximum Gasteiger partial charge on any atom is 0.258 e. The molecule has 0 bridgehead atoms. The molecule has 28 heavy (non-hydrogen) atoms. The monoisotopic (exact) mass is 441 g/mol. The first-order valence-corrected chi connectivity index (χ1v) is 9.70. The Kier molecular flexibility index (Phi) is 6.88. The minimum atomic E-state index is -0.293. The second-order valence-corrected chi connectivity index (χ2v) is 7.42. The summed E-state index contributed by atoms with van der Waals surface area (Å²) in [6, 6.07) is 10.6. The molecule has 0 spiro atoms. The molecule has 0 unspecified atom stereocenters. The van der Waals surface area contributed by atoms with Gasteiger partial charge in [0.1, 0.15) is 5.75 Å². The Morgan fingerprint density at radius 2 is 1.82 bits per heavy atom. The summed E-state index contributed by atoms with van der Waals surface area (Å²) in [5.41, 5.74) is 1.91. The average molecular weight is 443 g/mol. The highest BCUT2D eigenvalue weighted by molar-refractivity contribution is 6.43. The van der Waals surface area contributed by atoms with Crippen molar-refractivity contribution < 1.29 is 14.3 Å². The highest BCUT2D eigenvalue weighted by Gasteiger charge is 2.16. The van der Waals surface area contributed by atoms with Gasteiger partial charge < -0.3 is 20.3 Å². The number of piperazine rings is 1. The van der Waals surface area contributed by atoms with Gasteiger partial charge in [-0.25, -0.2) is 0 Å². The normalized spacial score (nSPS) is 13.8. The molecule has 148 valence electrons. The molecule has 1 saturated heterocycles. The van der Waals surface area contributed by atoms with E-state index in [0.717, 1.165) is 17.8 Å². The van der Waals surface area contributed by atoms with Crippen molar-refractivity contribution in [2.75, 3.05) is 31.1 Å². The van der Waals surface area contributed by atoms with Crippen LogP contribution >= 0.6 is 34.8 Å². The highest BCUT2D eigenvalue weighted by atomic mass is 35.5. The standard InChI is InChI=1S/C19H18Cl3N3O3/c20-14-7-16(22)17(8-15(14)21)28-11-19(27)24-9-12-1-3-13(4-2-12)25-6-5-23-18(26)10-25/h1-4,7-8H,5-6,9-11H2,(H,23,26)(H,24,27). The summed E-state index contributed by atoms with van der Waals surface area (Å²) in [7, 11) is 0. The molecule has 0 saturated carbocycles. The van der Waals surface area contributed by atoms with Crippen LogP contribution in [-0.4, -0.2) is 38.1 Å². The van der Waals surface area contributed by atoms with E-state index < -0.39 is 0 Å². The Hall–Kier alpha value is -2.15. The molecule has 0 aliphatic carbocycles. The van der Waals surface area contributed by atoms with Crippen molar-refractivity contribution in [3.63, 3.8) is 0 Å². The number of anilines is 1. The van der Waals surface area contributed by atoms with E-state index in [9.17, 15) is 9.59 Å². The molecule has 2 N–H and O–H groups in total. The Morgan fingerprint density at radius 1 is 1.11 bits per heavy atom. The first kappa shape index (κ1) is 20.6. The number of halogens is 3. The van der Waals surface area contributed by atoms with E-state index >= 15 is 0 Å². The van der Waals surface area contributed by atoms with E-state index in [1.165, 1.54) is 12.1 Å². The van der Waals surface area contributed by atoms with Gasteiger partial charge in [-0.2, -0.15) is 0 Å². The third kappa shape index (κ3) is 5.44. The van der Waals surface area contributed by atoms with Gasteiger partial charge in [0, 0.05) is 31.4 Å². The lowest BCUT2D eigenvalue weighted by Gasteiger charge is -2.28. The molecular formula is C19H18Cl3N3O3. The number of hydrogen-bond acceptors (Lipinski definition) is 4. The second kappa shape index (κ2) is 9.37. The van der Waals surface area contributed by atoms with Crippen molar-refractivity contribution in [3.05, 3.63) is 57.0 Å². The minimum Gasteiger partial charge on any atom is -0.482 e. The molecule has 0 aromatic heterocycles. The third-order valence-electron chi connectivity index (χ3n) is 4.16. The van der Waals surface area contributed by atoms with Crippen LogP contribution in [0.1, 0.15) is 5.56 Å². The fourth-order valence-corrected chi connectivity index (χ4v) is 3.28. The van der Waals surface area contributed by atoms with Crippen LogP contribution in [0, 0.1) is 0 Å². The second-order valence-electron chi connectivity index (χ2n) is 6.20. The number of rotatable bonds is 6. The van der Waals surface area contributed by atoms with Gasteiger partial charge in [-0.3, -0.25) is 9.59 Å². The molecule has 1 aliphatic heterocycles. The molecule has 2 amide bonds. The van der Waals surface area contributed by atoms with Crippen LogP contribution in [0.2, 0.25) is 15.1 Å². The molecule has 1 aliphatic rings. The minimum absolute atomic E-state index is 0.0182. The fourth-order valence-electron chi connectivity index (χ4n) is 2.69. The van der Waals surface area contributed by atoms with Gasteiger partial charge in [-0.1, -0.05) is 46.9 Å². The number of amides is 2. The van der Waals surface area contributed by atoms with Crippen molar-refractivity contribution in [2.45, 2.75) is 6.54 Å². The van der Waals surface area contributed by atoms with Crippen molar-refractivity contribution in [3.8, 4) is 5.75 Å². The van der Waals surface area contributed by atoms with Crippen LogP contribution in [0.15, 0.2) is 36.4 Å². The van der Waals surface area contributed by atoms with Crippen LogP contribution in [0.4, 0.5) is 5.69 Å². The van der Waals surface area contributed by atoms with E-state index in [2.05, 4.69) is 10.6 Å². The van der Waals surface area contributed by atoms with E-state index in [1.54, 1.807) is 0 Å². The summed E-state index contributed by atoms with van der Waals surface area (Å²) in [5.74, 6) is 0.0183. The molecule has 1 fully saturated rings. The van der Waals surface area contributed by atoms with E-state index in [4.69, 9.17) is 39.5 Å². The lowest BCUT2D eigenvalue weighted by molar-refractivity contribution is -0.123. The summed E-state index contributed by atoms with van der Waals surface area (Å²) >= 11 is 17.8. The first-order valence-electron chi connectivity index (χ1n) is 8.57. The predicted octanol–water partition coefficient (Wildman–Crippen LogP) is 3.28. The number of carbonyl (C=O) groups is 2. The highest BCUT2D eigenvalue weighted by Crippen LogP contribution is 2.33.